The number of carbonyl (C=O) groups excluding carboxylic acids is 1. The lowest BCUT2D eigenvalue weighted by Crippen LogP contribution is -2.30. The number of hydrazine groups is 1. The molecule has 1 aromatic carbocycles. The van der Waals surface area contributed by atoms with Crippen molar-refractivity contribution in [3.05, 3.63) is 35.4 Å². The number of nitrogens with one attached hydrogen (secondary N) is 1. The number of nitrogen functional groups attached to an aromatic ring is 1. The topological polar surface area (TPSA) is 55.1 Å². The highest BCUT2D eigenvalue weighted by atomic mass is 35.5. The van der Waals surface area contributed by atoms with Gasteiger partial charge in [-0.2, -0.15) is 0 Å². The predicted molar refractivity (Wildman–Crippen MR) is 64.0 cm³/mol. The summed E-state index contributed by atoms with van der Waals surface area (Å²) in [5.41, 5.74) is 3.99. The third-order valence-corrected chi connectivity index (χ3v) is 2.14. The van der Waals surface area contributed by atoms with Crippen LogP contribution in [0.3, 0.4) is 0 Å². The molecule has 0 aliphatic carbocycles. The second-order valence-electron chi connectivity index (χ2n) is 4.30. The van der Waals surface area contributed by atoms with Gasteiger partial charge in [0.25, 0.3) is 5.91 Å². The van der Waals surface area contributed by atoms with Gasteiger partial charge in [0, 0.05) is 5.56 Å². The second kappa shape index (κ2) is 5.14. The first-order valence-corrected chi connectivity index (χ1v) is 4.56. The molecule has 0 aromatic heterocycles. The molecule has 1 aromatic rings. The molecule has 1 rings (SSSR count). The molecule has 0 atom stereocenters. The van der Waals surface area contributed by atoms with E-state index >= 15 is 0 Å². The summed E-state index contributed by atoms with van der Waals surface area (Å²) in [7, 11) is 0. The molecule has 0 saturated carbocycles. The Bertz CT molecular complexity index is 327. The van der Waals surface area contributed by atoms with Crippen molar-refractivity contribution >= 4 is 18.3 Å². The number of amides is 1. The minimum absolute atomic E-state index is 0. The first-order valence-electron chi connectivity index (χ1n) is 4.56. The van der Waals surface area contributed by atoms with E-state index in [9.17, 15) is 4.79 Å². The van der Waals surface area contributed by atoms with Crippen molar-refractivity contribution in [3.63, 3.8) is 0 Å². The lowest BCUT2D eigenvalue weighted by Gasteiger charge is -2.18. The Hall–Kier alpha value is -1.06. The minimum atomic E-state index is -0.259. The quantitative estimate of drug-likeness (QED) is 0.439. The number of rotatable bonds is 1. The highest BCUT2D eigenvalue weighted by Gasteiger charge is 2.13. The summed E-state index contributed by atoms with van der Waals surface area (Å²) in [5.74, 6) is 4.77. The Morgan fingerprint density at radius 3 is 2.00 bits per heavy atom. The van der Waals surface area contributed by atoms with Gasteiger partial charge >= 0.3 is 0 Å². The van der Waals surface area contributed by atoms with Crippen molar-refractivity contribution in [2.24, 2.45) is 5.84 Å². The van der Waals surface area contributed by atoms with Gasteiger partial charge in [-0.1, -0.05) is 32.9 Å². The third-order valence-electron chi connectivity index (χ3n) is 2.14. The van der Waals surface area contributed by atoms with E-state index in [0.29, 0.717) is 5.56 Å². The zero-order valence-corrected chi connectivity index (χ0v) is 10.0. The van der Waals surface area contributed by atoms with Gasteiger partial charge in [-0.25, -0.2) is 5.84 Å². The van der Waals surface area contributed by atoms with Gasteiger partial charge < -0.3 is 0 Å². The molecule has 0 unspecified atom stereocenters. The molecule has 3 nitrogen and oxygen atoms in total. The van der Waals surface area contributed by atoms with E-state index in [1.54, 1.807) is 12.1 Å². The average Bonchev–Trinajstić information content (AvgIpc) is 2.15. The molecule has 0 aliphatic rings. The maximum absolute atomic E-state index is 11.1. The molecule has 0 aliphatic heterocycles. The monoisotopic (exact) mass is 228 g/mol. The van der Waals surface area contributed by atoms with Crippen LogP contribution < -0.4 is 11.3 Å². The van der Waals surface area contributed by atoms with E-state index in [4.69, 9.17) is 5.84 Å². The standard InChI is InChI=1S/C11H16N2O.ClH/c1-11(2,3)9-6-4-8(5-7-9)10(14)13-12;/h4-7H,12H2,1-3H3,(H,13,14);1H. The molecule has 4 heteroatoms. The normalized spacial score (nSPS) is 10.4. The molecule has 15 heavy (non-hydrogen) atoms. The van der Waals surface area contributed by atoms with E-state index in [1.807, 2.05) is 12.1 Å². The lowest BCUT2D eigenvalue weighted by molar-refractivity contribution is 0.0953. The van der Waals surface area contributed by atoms with Crippen LogP contribution in [0, 0.1) is 0 Å². The molecule has 0 spiro atoms. The maximum atomic E-state index is 11.1. The Morgan fingerprint density at radius 1 is 1.20 bits per heavy atom. The number of nitrogens with two attached hydrogens (primary N) is 1. The Kier molecular flexibility index (Phi) is 4.78. The van der Waals surface area contributed by atoms with E-state index in [0.717, 1.165) is 0 Å². The molecule has 0 bridgehead atoms. The van der Waals surface area contributed by atoms with Gasteiger partial charge in [-0.05, 0) is 23.1 Å². The molecular weight excluding hydrogens is 212 g/mol. The van der Waals surface area contributed by atoms with Crippen LogP contribution in [0.5, 0.6) is 0 Å². The summed E-state index contributed by atoms with van der Waals surface area (Å²) in [4.78, 5) is 11.1. The van der Waals surface area contributed by atoms with Crippen LogP contribution in [-0.4, -0.2) is 5.91 Å². The van der Waals surface area contributed by atoms with Gasteiger partial charge in [0.2, 0.25) is 0 Å². The van der Waals surface area contributed by atoms with Crippen molar-refractivity contribution in [2.45, 2.75) is 26.2 Å². The van der Waals surface area contributed by atoms with Crippen LogP contribution in [0.2, 0.25) is 0 Å². The van der Waals surface area contributed by atoms with Crippen molar-refractivity contribution in [3.8, 4) is 0 Å². The van der Waals surface area contributed by atoms with Crippen molar-refractivity contribution in [1.82, 2.24) is 5.43 Å². The SMILES string of the molecule is CC(C)(C)c1ccc(C(=O)NN)cc1.Cl. The van der Waals surface area contributed by atoms with Crippen LogP contribution in [-0.2, 0) is 5.41 Å². The fourth-order valence-corrected chi connectivity index (χ4v) is 1.20. The molecule has 0 radical (unpaired) electrons. The first kappa shape index (κ1) is 13.9. The van der Waals surface area contributed by atoms with Crippen LogP contribution in [0.1, 0.15) is 36.7 Å². The fraction of sp³-hybridized carbons (Fsp3) is 0.364. The minimum Gasteiger partial charge on any atom is -0.290 e. The Balaban J connectivity index is 0.00000196. The van der Waals surface area contributed by atoms with E-state index in [-0.39, 0.29) is 23.7 Å². The summed E-state index contributed by atoms with van der Waals surface area (Å²) in [6.07, 6.45) is 0. The molecule has 0 heterocycles. The zero-order valence-electron chi connectivity index (χ0n) is 9.20. The van der Waals surface area contributed by atoms with Crippen LogP contribution >= 0.6 is 12.4 Å². The highest BCUT2D eigenvalue weighted by Crippen LogP contribution is 2.21. The lowest BCUT2D eigenvalue weighted by atomic mass is 9.87. The van der Waals surface area contributed by atoms with Gasteiger partial charge in [0.05, 0.1) is 0 Å². The molecule has 3 N–H and O–H groups in total. The van der Waals surface area contributed by atoms with Gasteiger partial charge in [0.1, 0.15) is 0 Å². The Labute approximate surface area is 96.4 Å². The van der Waals surface area contributed by atoms with E-state index in [1.165, 1.54) is 5.56 Å². The number of halogens is 1. The first-order chi connectivity index (χ1) is 6.45. The van der Waals surface area contributed by atoms with E-state index < -0.39 is 0 Å². The number of hydrogen-bond acceptors (Lipinski definition) is 2. The molecule has 1 amide bonds. The predicted octanol–water partition coefficient (Wildman–Crippen LogP) is 2.01. The molecule has 0 saturated heterocycles. The Morgan fingerprint density at radius 2 is 1.67 bits per heavy atom. The van der Waals surface area contributed by atoms with Crippen LogP contribution in [0.15, 0.2) is 24.3 Å². The summed E-state index contributed by atoms with van der Waals surface area (Å²) in [5, 5.41) is 0. The summed E-state index contributed by atoms with van der Waals surface area (Å²) in [6, 6.07) is 7.46. The summed E-state index contributed by atoms with van der Waals surface area (Å²) < 4.78 is 0. The van der Waals surface area contributed by atoms with Gasteiger partial charge in [0.15, 0.2) is 0 Å². The zero-order chi connectivity index (χ0) is 10.8. The number of hydrogen-bond donors (Lipinski definition) is 2. The molecule has 84 valence electrons. The van der Waals surface area contributed by atoms with Gasteiger partial charge in [-0.3, -0.25) is 10.2 Å². The molecular formula is C11H17ClN2O. The van der Waals surface area contributed by atoms with Crippen LogP contribution in [0.4, 0.5) is 0 Å². The van der Waals surface area contributed by atoms with E-state index in [2.05, 4.69) is 26.2 Å². The fourth-order valence-electron chi connectivity index (χ4n) is 1.20. The molecule has 0 fully saturated rings. The van der Waals surface area contributed by atoms with Crippen molar-refractivity contribution in [2.75, 3.05) is 0 Å². The summed E-state index contributed by atoms with van der Waals surface area (Å²) in [6.45, 7) is 6.39. The highest BCUT2D eigenvalue weighted by molar-refractivity contribution is 5.93. The second-order valence-corrected chi connectivity index (χ2v) is 4.30. The van der Waals surface area contributed by atoms with Crippen molar-refractivity contribution < 1.29 is 4.79 Å². The average molecular weight is 229 g/mol. The third kappa shape index (κ3) is 3.53. The summed E-state index contributed by atoms with van der Waals surface area (Å²) >= 11 is 0. The largest absolute Gasteiger partial charge is 0.290 e. The number of benzene rings is 1. The van der Waals surface area contributed by atoms with Crippen molar-refractivity contribution in [1.29, 1.82) is 0 Å². The van der Waals surface area contributed by atoms with Crippen LogP contribution in [0.25, 0.3) is 0 Å². The van der Waals surface area contributed by atoms with Gasteiger partial charge in [-0.15, -0.1) is 12.4 Å². The number of carbonyl (C=O) groups is 1. The smallest absolute Gasteiger partial charge is 0.265 e. The maximum Gasteiger partial charge on any atom is 0.265 e.